The van der Waals surface area contributed by atoms with Gasteiger partial charge >= 0.3 is 0 Å². The molecule has 2 aromatic rings. The van der Waals surface area contributed by atoms with Crippen LogP contribution in [0.2, 0.25) is 0 Å². The Balaban J connectivity index is 1.45. The van der Waals surface area contributed by atoms with Gasteiger partial charge < -0.3 is 14.5 Å². The number of rotatable bonds is 3. The van der Waals surface area contributed by atoms with Gasteiger partial charge in [-0.05, 0) is 24.6 Å². The molecule has 0 aliphatic carbocycles. The highest BCUT2D eigenvalue weighted by Crippen LogP contribution is 2.28. The lowest BCUT2D eigenvalue weighted by Gasteiger charge is -2.37. The van der Waals surface area contributed by atoms with Crippen LogP contribution in [0.5, 0.6) is 5.88 Å². The highest BCUT2D eigenvalue weighted by molar-refractivity contribution is 7.91. The summed E-state index contributed by atoms with van der Waals surface area (Å²) in [6.07, 6.45) is 1.93. The van der Waals surface area contributed by atoms with Crippen LogP contribution in [0.4, 0.5) is 5.69 Å². The number of sulfone groups is 1. The molecule has 0 N–H and O–H groups in total. The molecular formula is C18H22N4O4S. The molecule has 1 atom stereocenters. The summed E-state index contributed by atoms with van der Waals surface area (Å²) >= 11 is 0. The van der Waals surface area contributed by atoms with E-state index in [2.05, 4.69) is 14.9 Å². The van der Waals surface area contributed by atoms with Crippen molar-refractivity contribution in [1.82, 2.24) is 14.9 Å². The molecule has 2 aliphatic heterocycles. The molecule has 0 bridgehead atoms. The van der Waals surface area contributed by atoms with Crippen LogP contribution in [0.25, 0.3) is 10.9 Å². The Labute approximate surface area is 158 Å². The third-order valence-electron chi connectivity index (χ3n) is 5.31. The van der Waals surface area contributed by atoms with Crippen molar-refractivity contribution in [3.05, 3.63) is 24.5 Å². The SMILES string of the molecule is COc1ncnc2ccc(N3CCN(C(=O)C4CCS(=O)(=O)C4)CC3)cc12. The summed E-state index contributed by atoms with van der Waals surface area (Å²) in [4.78, 5) is 25.0. The van der Waals surface area contributed by atoms with E-state index >= 15 is 0 Å². The fourth-order valence-electron chi connectivity index (χ4n) is 3.81. The molecule has 0 spiro atoms. The van der Waals surface area contributed by atoms with E-state index in [0.29, 0.717) is 38.5 Å². The van der Waals surface area contributed by atoms with E-state index in [1.807, 2.05) is 18.2 Å². The fourth-order valence-corrected chi connectivity index (χ4v) is 5.55. The molecule has 0 saturated carbocycles. The summed E-state index contributed by atoms with van der Waals surface area (Å²) in [7, 11) is -1.46. The van der Waals surface area contributed by atoms with Gasteiger partial charge in [-0.2, -0.15) is 0 Å². The molecule has 144 valence electrons. The number of ether oxygens (including phenoxy) is 1. The lowest BCUT2D eigenvalue weighted by atomic mass is 10.1. The second-order valence-corrected chi connectivity index (χ2v) is 9.23. The van der Waals surface area contributed by atoms with Crippen molar-refractivity contribution in [2.75, 3.05) is 49.7 Å². The number of carbonyl (C=O) groups excluding carboxylic acids is 1. The van der Waals surface area contributed by atoms with Crippen LogP contribution >= 0.6 is 0 Å². The van der Waals surface area contributed by atoms with Crippen molar-refractivity contribution < 1.29 is 17.9 Å². The summed E-state index contributed by atoms with van der Waals surface area (Å²) in [6, 6.07) is 5.96. The minimum absolute atomic E-state index is 0.00346. The number of hydrogen-bond donors (Lipinski definition) is 0. The summed E-state index contributed by atoms with van der Waals surface area (Å²) in [5.74, 6) is 0.270. The lowest BCUT2D eigenvalue weighted by molar-refractivity contribution is -0.135. The van der Waals surface area contributed by atoms with Gasteiger partial charge in [-0.15, -0.1) is 0 Å². The molecule has 2 fully saturated rings. The molecule has 8 nitrogen and oxygen atoms in total. The van der Waals surface area contributed by atoms with Crippen LogP contribution in [0.1, 0.15) is 6.42 Å². The molecule has 1 amide bonds. The van der Waals surface area contributed by atoms with Crippen LogP contribution < -0.4 is 9.64 Å². The van der Waals surface area contributed by atoms with Crippen molar-refractivity contribution in [3.8, 4) is 5.88 Å². The predicted octanol–water partition coefficient (Wildman–Crippen LogP) is 0.722. The molecule has 3 heterocycles. The molecule has 1 unspecified atom stereocenters. The Morgan fingerprint density at radius 1 is 1.19 bits per heavy atom. The van der Waals surface area contributed by atoms with Gasteiger partial charge in [0.15, 0.2) is 9.84 Å². The number of hydrogen-bond acceptors (Lipinski definition) is 7. The normalized spacial score (nSPS) is 22.2. The predicted molar refractivity (Wildman–Crippen MR) is 102 cm³/mol. The topological polar surface area (TPSA) is 92.7 Å². The number of benzene rings is 1. The van der Waals surface area contributed by atoms with Crippen LogP contribution in [0, 0.1) is 5.92 Å². The van der Waals surface area contributed by atoms with E-state index in [0.717, 1.165) is 16.6 Å². The number of aromatic nitrogens is 2. The van der Waals surface area contributed by atoms with Gasteiger partial charge in [0.1, 0.15) is 6.33 Å². The van der Waals surface area contributed by atoms with Crippen molar-refractivity contribution in [3.63, 3.8) is 0 Å². The Kier molecular flexibility index (Phi) is 4.63. The third kappa shape index (κ3) is 3.55. The maximum absolute atomic E-state index is 12.6. The van der Waals surface area contributed by atoms with Crippen molar-refractivity contribution in [2.45, 2.75) is 6.42 Å². The summed E-state index contributed by atoms with van der Waals surface area (Å²) < 4.78 is 28.6. The van der Waals surface area contributed by atoms with Gasteiger partial charge in [0, 0.05) is 31.9 Å². The Bertz CT molecular complexity index is 970. The van der Waals surface area contributed by atoms with Gasteiger partial charge in [-0.3, -0.25) is 4.79 Å². The highest BCUT2D eigenvalue weighted by atomic mass is 32.2. The Morgan fingerprint density at radius 3 is 2.63 bits per heavy atom. The first-order valence-corrected chi connectivity index (χ1v) is 10.8. The van der Waals surface area contributed by atoms with E-state index in [1.165, 1.54) is 6.33 Å². The average molecular weight is 390 g/mol. The van der Waals surface area contributed by atoms with E-state index in [9.17, 15) is 13.2 Å². The molecular weight excluding hydrogens is 368 g/mol. The van der Waals surface area contributed by atoms with Gasteiger partial charge in [0.25, 0.3) is 0 Å². The quantitative estimate of drug-likeness (QED) is 0.762. The molecule has 9 heteroatoms. The number of methoxy groups -OCH3 is 1. The molecule has 27 heavy (non-hydrogen) atoms. The van der Waals surface area contributed by atoms with Gasteiger partial charge in [0.2, 0.25) is 11.8 Å². The maximum atomic E-state index is 12.6. The van der Waals surface area contributed by atoms with Crippen molar-refractivity contribution in [2.24, 2.45) is 5.92 Å². The Morgan fingerprint density at radius 2 is 1.96 bits per heavy atom. The van der Waals surface area contributed by atoms with E-state index < -0.39 is 9.84 Å². The summed E-state index contributed by atoms with van der Waals surface area (Å²) in [6.45, 7) is 2.59. The first-order chi connectivity index (χ1) is 13.0. The second kappa shape index (κ2) is 6.95. The summed E-state index contributed by atoms with van der Waals surface area (Å²) in [5, 5.41) is 0.854. The standard InChI is InChI=1S/C18H22N4O4S/c1-26-17-15-10-14(2-3-16(15)19-12-20-17)21-5-7-22(8-6-21)18(23)13-4-9-27(24,25)11-13/h2-3,10,12-13H,4-9,11H2,1H3. The number of nitrogens with zero attached hydrogens (tertiary/aromatic N) is 4. The first kappa shape index (κ1) is 18.0. The van der Waals surface area contributed by atoms with E-state index in [-0.39, 0.29) is 23.3 Å². The highest BCUT2D eigenvalue weighted by Gasteiger charge is 2.36. The smallest absolute Gasteiger partial charge is 0.226 e. The molecule has 2 saturated heterocycles. The number of fused-ring (bicyclic) bond motifs is 1. The minimum atomic E-state index is -3.04. The van der Waals surface area contributed by atoms with Crippen molar-refractivity contribution in [1.29, 1.82) is 0 Å². The zero-order valence-electron chi connectivity index (χ0n) is 15.2. The zero-order valence-corrected chi connectivity index (χ0v) is 16.0. The van der Waals surface area contributed by atoms with Crippen LogP contribution in [-0.4, -0.2) is 74.0 Å². The van der Waals surface area contributed by atoms with Crippen LogP contribution in [0.3, 0.4) is 0 Å². The maximum Gasteiger partial charge on any atom is 0.226 e. The van der Waals surface area contributed by atoms with Crippen LogP contribution in [-0.2, 0) is 14.6 Å². The lowest BCUT2D eigenvalue weighted by Crippen LogP contribution is -2.50. The van der Waals surface area contributed by atoms with Gasteiger partial charge in [0.05, 0.1) is 35.4 Å². The largest absolute Gasteiger partial charge is 0.480 e. The molecule has 1 aromatic heterocycles. The van der Waals surface area contributed by atoms with Gasteiger partial charge in [-0.25, -0.2) is 18.4 Å². The van der Waals surface area contributed by atoms with Crippen molar-refractivity contribution >= 4 is 32.3 Å². The van der Waals surface area contributed by atoms with Gasteiger partial charge in [-0.1, -0.05) is 0 Å². The molecule has 4 rings (SSSR count). The average Bonchev–Trinajstić information content (AvgIpc) is 3.06. The zero-order chi connectivity index (χ0) is 19.0. The monoisotopic (exact) mass is 390 g/mol. The van der Waals surface area contributed by atoms with E-state index in [1.54, 1.807) is 12.0 Å². The molecule has 1 aromatic carbocycles. The summed E-state index contributed by atoms with van der Waals surface area (Å²) in [5.41, 5.74) is 1.85. The van der Waals surface area contributed by atoms with E-state index in [4.69, 9.17) is 4.74 Å². The number of carbonyl (C=O) groups is 1. The van der Waals surface area contributed by atoms with Crippen LogP contribution in [0.15, 0.2) is 24.5 Å². The fraction of sp³-hybridized carbons (Fsp3) is 0.500. The minimum Gasteiger partial charge on any atom is -0.480 e. The number of amides is 1. The molecule has 0 radical (unpaired) electrons. The second-order valence-electron chi connectivity index (χ2n) is 7.00. The third-order valence-corrected chi connectivity index (χ3v) is 7.08. The number of anilines is 1. The first-order valence-electron chi connectivity index (χ1n) is 9.00. The molecule has 2 aliphatic rings. The Hall–Kier alpha value is -2.42. The number of piperazine rings is 1.